The molecule has 0 fully saturated rings. The zero-order valence-electron chi connectivity index (χ0n) is 14.5. The van der Waals surface area contributed by atoms with Gasteiger partial charge in [-0.25, -0.2) is 0 Å². The van der Waals surface area contributed by atoms with Gasteiger partial charge in [0.15, 0.2) is 0 Å². The molecular weight excluding hydrogens is 332 g/mol. The molecule has 116 valence electrons. The Hall–Kier alpha value is -1.08. The first kappa shape index (κ1) is 15.8. The second-order valence-electron chi connectivity index (χ2n) is 8.54. The zero-order valence-corrected chi connectivity index (χ0v) is 16.1. The predicted octanol–water partition coefficient (Wildman–Crippen LogP) is 6.62. The highest BCUT2D eigenvalue weighted by Crippen LogP contribution is 2.43. The van der Waals surface area contributed by atoms with Gasteiger partial charge in [0, 0.05) is 4.47 Å². The van der Waals surface area contributed by atoms with E-state index in [9.17, 15) is 0 Å². The number of benzene rings is 2. The highest BCUT2D eigenvalue weighted by molar-refractivity contribution is 9.10. The van der Waals surface area contributed by atoms with Crippen LogP contribution >= 0.6 is 15.9 Å². The van der Waals surface area contributed by atoms with E-state index in [0.29, 0.717) is 0 Å². The molecule has 0 nitrogen and oxygen atoms in total. The molecule has 22 heavy (non-hydrogen) atoms. The van der Waals surface area contributed by atoms with Gasteiger partial charge < -0.3 is 0 Å². The van der Waals surface area contributed by atoms with Crippen LogP contribution in [0.2, 0.25) is 0 Å². The molecule has 1 heteroatoms. The van der Waals surface area contributed by atoms with Crippen LogP contribution in [-0.4, -0.2) is 0 Å². The summed E-state index contributed by atoms with van der Waals surface area (Å²) in [5.74, 6) is 0. The largest absolute Gasteiger partial charge is 0.0582 e. The van der Waals surface area contributed by atoms with Crippen LogP contribution in [0.25, 0.3) is 11.1 Å². The number of hydrogen-bond acceptors (Lipinski definition) is 0. The smallest absolute Gasteiger partial charge is 0.0215 e. The van der Waals surface area contributed by atoms with Gasteiger partial charge in [-0.05, 0) is 62.8 Å². The van der Waals surface area contributed by atoms with Crippen molar-refractivity contribution in [2.24, 2.45) is 0 Å². The summed E-state index contributed by atoms with van der Waals surface area (Å²) in [6.07, 6.45) is 1.05. The van der Waals surface area contributed by atoms with E-state index >= 15 is 0 Å². The van der Waals surface area contributed by atoms with Crippen molar-refractivity contribution in [2.45, 2.75) is 58.8 Å². The molecule has 0 radical (unpaired) electrons. The minimum atomic E-state index is 0.151. The van der Waals surface area contributed by atoms with Crippen LogP contribution < -0.4 is 0 Å². The van der Waals surface area contributed by atoms with Crippen molar-refractivity contribution < 1.29 is 0 Å². The van der Waals surface area contributed by atoms with Crippen LogP contribution in [0.5, 0.6) is 0 Å². The van der Waals surface area contributed by atoms with Gasteiger partial charge in [0.05, 0.1) is 0 Å². The van der Waals surface area contributed by atoms with Crippen LogP contribution in [0.15, 0.2) is 34.8 Å². The second kappa shape index (κ2) is 4.96. The lowest BCUT2D eigenvalue weighted by atomic mass is 9.83. The van der Waals surface area contributed by atoms with Crippen LogP contribution in [0, 0.1) is 0 Å². The molecule has 1 aliphatic carbocycles. The minimum Gasteiger partial charge on any atom is -0.0582 e. The van der Waals surface area contributed by atoms with E-state index in [1.54, 1.807) is 0 Å². The van der Waals surface area contributed by atoms with E-state index in [-0.39, 0.29) is 10.8 Å². The van der Waals surface area contributed by atoms with E-state index in [4.69, 9.17) is 0 Å². The average molecular weight is 357 g/mol. The van der Waals surface area contributed by atoms with Gasteiger partial charge in [0.25, 0.3) is 0 Å². The molecule has 0 unspecified atom stereocenters. The average Bonchev–Trinajstić information content (AvgIpc) is 2.71. The van der Waals surface area contributed by atoms with E-state index in [1.807, 2.05) is 0 Å². The highest BCUT2D eigenvalue weighted by Gasteiger charge is 2.25. The summed E-state index contributed by atoms with van der Waals surface area (Å²) in [5, 5.41) is 0. The van der Waals surface area contributed by atoms with Gasteiger partial charge in [0.1, 0.15) is 0 Å². The molecular formula is C21H25Br. The molecule has 3 rings (SSSR count). The number of rotatable bonds is 0. The molecule has 0 saturated carbocycles. The highest BCUT2D eigenvalue weighted by atomic mass is 79.9. The molecule has 0 spiro atoms. The first-order valence-electron chi connectivity index (χ1n) is 8.04. The van der Waals surface area contributed by atoms with Crippen molar-refractivity contribution >= 4 is 15.9 Å². The summed E-state index contributed by atoms with van der Waals surface area (Å²) in [5.41, 5.74) is 8.91. The third-order valence-electron chi connectivity index (χ3n) is 4.65. The molecule has 0 bridgehead atoms. The number of fused-ring (bicyclic) bond motifs is 3. The minimum absolute atomic E-state index is 0.151. The SMILES string of the molecule is CC(C)(C)c1ccc2c(c1)-c1cc(C(C)(C)C)c(Br)cc1C2. The van der Waals surface area contributed by atoms with Crippen molar-refractivity contribution in [2.75, 3.05) is 0 Å². The quantitative estimate of drug-likeness (QED) is 0.424. The topological polar surface area (TPSA) is 0 Å². The lowest BCUT2D eigenvalue weighted by molar-refractivity contribution is 0.587. The lowest BCUT2D eigenvalue weighted by Crippen LogP contribution is -2.12. The van der Waals surface area contributed by atoms with Gasteiger partial charge in [-0.1, -0.05) is 75.7 Å². The Morgan fingerprint density at radius 3 is 2.00 bits per heavy atom. The van der Waals surface area contributed by atoms with Gasteiger partial charge in [-0.15, -0.1) is 0 Å². The first-order chi connectivity index (χ1) is 10.1. The predicted molar refractivity (Wildman–Crippen MR) is 99.8 cm³/mol. The standard InChI is InChI=1S/C21H25Br/c1-20(2,3)15-8-7-13-9-14-10-19(22)18(21(4,5)6)12-17(14)16(13)11-15/h7-8,10-12H,9H2,1-6H3. The molecule has 0 heterocycles. The molecule has 0 N–H and O–H groups in total. The summed E-state index contributed by atoms with van der Waals surface area (Å²) in [4.78, 5) is 0. The Morgan fingerprint density at radius 1 is 0.773 bits per heavy atom. The van der Waals surface area contributed by atoms with Gasteiger partial charge in [0.2, 0.25) is 0 Å². The maximum atomic E-state index is 3.78. The normalized spacial score (nSPS) is 14.0. The Bertz CT molecular complexity index is 740. The molecule has 2 aromatic rings. The van der Waals surface area contributed by atoms with Crippen molar-refractivity contribution in [3.05, 3.63) is 57.1 Å². The second-order valence-corrected chi connectivity index (χ2v) is 9.39. The van der Waals surface area contributed by atoms with Crippen molar-refractivity contribution in [3.8, 4) is 11.1 Å². The third kappa shape index (κ3) is 2.65. The van der Waals surface area contributed by atoms with Gasteiger partial charge in [-0.3, -0.25) is 0 Å². The van der Waals surface area contributed by atoms with E-state index in [1.165, 1.54) is 37.9 Å². The van der Waals surface area contributed by atoms with Crippen LogP contribution in [-0.2, 0) is 17.3 Å². The fourth-order valence-corrected chi connectivity index (χ4v) is 4.22. The maximum absolute atomic E-state index is 3.78. The fourth-order valence-electron chi connectivity index (χ4n) is 3.24. The summed E-state index contributed by atoms with van der Waals surface area (Å²) >= 11 is 3.78. The fraction of sp³-hybridized carbons (Fsp3) is 0.429. The van der Waals surface area contributed by atoms with Crippen molar-refractivity contribution in [1.29, 1.82) is 0 Å². The van der Waals surface area contributed by atoms with Crippen LogP contribution in [0.1, 0.15) is 63.8 Å². The summed E-state index contributed by atoms with van der Waals surface area (Å²) in [6.45, 7) is 13.7. The Kier molecular flexibility index (Phi) is 3.56. The number of hydrogen-bond donors (Lipinski definition) is 0. The third-order valence-corrected chi connectivity index (χ3v) is 5.30. The van der Waals surface area contributed by atoms with Crippen molar-refractivity contribution in [1.82, 2.24) is 0 Å². The molecule has 0 amide bonds. The molecule has 0 atom stereocenters. The summed E-state index contributed by atoms with van der Waals surface area (Å²) in [6, 6.07) is 11.7. The number of halogens is 1. The monoisotopic (exact) mass is 356 g/mol. The Morgan fingerprint density at radius 2 is 1.41 bits per heavy atom. The Balaban J connectivity index is 2.19. The Labute approximate surface area is 143 Å². The molecule has 0 aliphatic heterocycles. The zero-order chi connectivity index (χ0) is 16.3. The molecule has 0 aromatic heterocycles. The van der Waals surface area contributed by atoms with Crippen LogP contribution in [0.4, 0.5) is 0 Å². The van der Waals surface area contributed by atoms with Crippen LogP contribution in [0.3, 0.4) is 0 Å². The first-order valence-corrected chi connectivity index (χ1v) is 8.83. The van der Waals surface area contributed by atoms with E-state index < -0.39 is 0 Å². The molecule has 0 saturated heterocycles. The van der Waals surface area contributed by atoms with Gasteiger partial charge >= 0.3 is 0 Å². The maximum Gasteiger partial charge on any atom is 0.0215 e. The molecule has 2 aromatic carbocycles. The van der Waals surface area contributed by atoms with Crippen molar-refractivity contribution in [3.63, 3.8) is 0 Å². The van der Waals surface area contributed by atoms with Gasteiger partial charge in [-0.2, -0.15) is 0 Å². The molecule has 1 aliphatic rings. The summed E-state index contributed by atoms with van der Waals surface area (Å²) in [7, 11) is 0. The summed E-state index contributed by atoms with van der Waals surface area (Å²) < 4.78 is 1.24. The lowest BCUT2D eigenvalue weighted by Gasteiger charge is -2.23. The van der Waals surface area contributed by atoms with E-state index in [2.05, 4.69) is 87.8 Å². The van der Waals surface area contributed by atoms with E-state index in [0.717, 1.165) is 6.42 Å².